The molecule has 1 aliphatic carbocycles. The van der Waals surface area contributed by atoms with E-state index in [4.69, 9.17) is 4.74 Å². The Balaban J connectivity index is 1.33. The molecule has 3 nitrogen and oxygen atoms in total. The Morgan fingerprint density at radius 2 is 1.48 bits per heavy atom. The van der Waals surface area contributed by atoms with Crippen LogP contribution in [0.4, 0.5) is 0 Å². The molecule has 0 amide bonds. The van der Waals surface area contributed by atoms with Crippen LogP contribution >= 0.6 is 0 Å². The molecular formula is C22H42N2O. The third-order valence-corrected chi connectivity index (χ3v) is 7.04. The molecule has 3 heteroatoms. The molecule has 0 atom stereocenters. The number of hydrogen-bond acceptors (Lipinski definition) is 3. The lowest BCUT2D eigenvalue weighted by Crippen LogP contribution is -2.43. The van der Waals surface area contributed by atoms with E-state index in [0.717, 1.165) is 24.4 Å². The van der Waals surface area contributed by atoms with E-state index in [0.29, 0.717) is 11.5 Å². The monoisotopic (exact) mass is 350 g/mol. The minimum absolute atomic E-state index is 0.378. The molecule has 0 spiro atoms. The first-order chi connectivity index (χ1) is 12.0. The molecule has 2 heterocycles. The van der Waals surface area contributed by atoms with E-state index < -0.39 is 0 Å². The van der Waals surface area contributed by atoms with E-state index in [-0.39, 0.29) is 0 Å². The number of likely N-dealkylation sites (tertiary alicyclic amines) is 2. The second-order valence-corrected chi connectivity index (χ2v) is 9.96. The maximum Gasteiger partial charge on any atom is 0.0538 e. The van der Waals surface area contributed by atoms with Gasteiger partial charge < -0.3 is 14.5 Å². The van der Waals surface area contributed by atoms with E-state index in [2.05, 4.69) is 37.5 Å². The highest BCUT2D eigenvalue weighted by atomic mass is 16.5. The van der Waals surface area contributed by atoms with Crippen LogP contribution in [0.2, 0.25) is 0 Å². The van der Waals surface area contributed by atoms with E-state index in [1.807, 2.05) is 0 Å². The van der Waals surface area contributed by atoms with E-state index in [1.165, 1.54) is 77.8 Å². The standard InChI is InChI=1S/C22H42N2O/c1-18(2)21-7-13-23(14-8-21)15-20-5-11-24(12-6-20)16-22(9-10-22)17-25-19(3)4/h18-21H,5-17H2,1-4H3. The summed E-state index contributed by atoms with van der Waals surface area (Å²) >= 11 is 0. The van der Waals surface area contributed by atoms with Crippen LogP contribution < -0.4 is 0 Å². The maximum atomic E-state index is 5.92. The van der Waals surface area contributed by atoms with Gasteiger partial charge >= 0.3 is 0 Å². The number of rotatable bonds is 8. The van der Waals surface area contributed by atoms with Gasteiger partial charge in [-0.25, -0.2) is 0 Å². The van der Waals surface area contributed by atoms with Gasteiger partial charge in [0.15, 0.2) is 0 Å². The van der Waals surface area contributed by atoms with Gasteiger partial charge in [0.1, 0.15) is 0 Å². The topological polar surface area (TPSA) is 15.7 Å². The summed E-state index contributed by atoms with van der Waals surface area (Å²) in [5.41, 5.74) is 0.510. The van der Waals surface area contributed by atoms with Gasteiger partial charge in [0, 0.05) is 18.5 Å². The quantitative estimate of drug-likeness (QED) is 0.650. The Hall–Kier alpha value is -0.120. The summed E-state index contributed by atoms with van der Waals surface area (Å²) in [7, 11) is 0. The van der Waals surface area contributed by atoms with Crippen molar-refractivity contribution in [2.45, 2.75) is 72.3 Å². The molecule has 0 unspecified atom stereocenters. The lowest BCUT2D eigenvalue weighted by Gasteiger charge is -2.39. The minimum Gasteiger partial charge on any atom is -0.378 e. The zero-order valence-corrected chi connectivity index (χ0v) is 17.3. The fourth-order valence-electron chi connectivity index (χ4n) is 4.84. The summed E-state index contributed by atoms with van der Waals surface area (Å²) in [6.07, 6.45) is 8.80. The van der Waals surface area contributed by atoms with Gasteiger partial charge in [-0.05, 0) is 96.3 Å². The largest absolute Gasteiger partial charge is 0.378 e. The zero-order valence-electron chi connectivity index (χ0n) is 17.3. The van der Waals surface area contributed by atoms with Crippen LogP contribution in [0.25, 0.3) is 0 Å². The molecule has 2 saturated heterocycles. The number of ether oxygens (including phenoxy) is 1. The summed E-state index contributed by atoms with van der Waals surface area (Å²) in [4.78, 5) is 5.50. The Morgan fingerprint density at radius 3 is 2.00 bits per heavy atom. The first-order valence-corrected chi connectivity index (χ1v) is 11.0. The Morgan fingerprint density at radius 1 is 0.880 bits per heavy atom. The molecule has 3 rings (SSSR count). The first kappa shape index (κ1) is 19.6. The molecule has 0 radical (unpaired) electrons. The average Bonchev–Trinajstić information content (AvgIpc) is 3.35. The summed E-state index contributed by atoms with van der Waals surface area (Å²) in [6.45, 7) is 18.1. The summed E-state index contributed by atoms with van der Waals surface area (Å²) in [6, 6.07) is 0. The van der Waals surface area contributed by atoms with E-state index in [1.54, 1.807) is 0 Å². The Kier molecular flexibility index (Phi) is 6.84. The average molecular weight is 351 g/mol. The molecule has 0 aromatic heterocycles. The van der Waals surface area contributed by atoms with Gasteiger partial charge in [0.25, 0.3) is 0 Å². The number of nitrogens with zero attached hydrogens (tertiary/aromatic N) is 2. The molecule has 0 bridgehead atoms. The second kappa shape index (κ2) is 8.71. The van der Waals surface area contributed by atoms with Gasteiger partial charge in [-0.15, -0.1) is 0 Å². The number of piperidine rings is 2. The van der Waals surface area contributed by atoms with E-state index >= 15 is 0 Å². The highest BCUT2D eigenvalue weighted by Crippen LogP contribution is 2.47. The van der Waals surface area contributed by atoms with Crippen LogP contribution in [0.15, 0.2) is 0 Å². The molecule has 3 aliphatic rings. The zero-order chi connectivity index (χ0) is 17.9. The van der Waals surface area contributed by atoms with Gasteiger partial charge in [-0.2, -0.15) is 0 Å². The molecule has 3 fully saturated rings. The van der Waals surface area contributed by atoms with Crippen LogP contribution in [-0.2, 0) is 4.74 Å². The van der Waals surface area contributed by atoms with Gasteiger partial charge in [0.05, 0.1) is 12.7 Å². The summed E-state index contributed by atoms with van der Waals surface area (Å²) in [5, 5.41) is 0. The van der Waals surface area contributed by atoms with Crippen molar-refractivity contribution < 1.29 is 4.74 Å². The van der Waals surface area contributed by atoms with Gasteiger partial charge in [0.2, 0.25) is 0 Å². The van der Waals surface area contributed by atoms with Crippen molar-refractivity contribution in [2.75, 3.05) is 45.9 Å². The highest BCUT2D eigenvalue weighted by Gasteiger charge is 2.44. The van der Waals surface area contributed by atoms with Crippen LogP contribution in [0, 0.1) is 23.2 Å². The molecule has 1 saturated carbocycles. The van der Waals surface area contributed by atoms with Crippen molar-refractivity contribution in [3.63, 3.8) is 0 Å². The smallest absolute Gasteiger partial charge is 0.0538 e. The third-order valence-electron chi connectivity index (χ3n) is 7.04. The van der Waals surface area contributed by atoms with Crippen LogP contribution in [0.3, 0.4) is 0 Å². The molecule has 2 aliphatic heterocycles. The van der Waals surface area contributed by atoms with Crippen molar-refractivity contribution in [1.82, 2.24) is 9.80 Å². The molecule has 0 aromatic carbocycles. The van der Waals surface area contributed by atoms with Crippen LogP contribution in [0.5, 0.6) is 0 Å². The predicted octanol–water partition coefficient (Wildman–Crippen LogP) is 4.27. The molecule has 25 heavy (non-hydrogen) atoms. The van der Waals surface area contributed by atoms with E-state index in [9.17, 15) is 0 Å². The van der Waals surface area contributed by atoms with Gasteiger partial charge in [-0.3, -0.25) is 0 Å². The normalized spacial score (nSPS) is 26.6. The fourth-order valence-corrected chi connectivity index (χ4v) is 4.84. The lowest BCUT2D eigenvalue weighted by atomic mass is 9.86. The van der Waals surface area contributed by atoms with Crippen LogP contribution in [-0.4, -0.2) is 61.8 Å². The van der Waals surface area contributed by atoms with Crippen molar-refractivity contribution in [3.05, 3.63) is 0 Å². The Bertz CT molecular complexity index is 389. The summed E-state index contributed by atoms with van der Waals surface area (Å²) < 4.78 is 5.92. The van der Waals surface area contributed by atoms with Gasteiger partial charge in [-0.1, -0.05) is 13.8 Å². The molecule has 0 aromatic rings. The predicted molar refractivity (Wildman–Crippen MR) is 106 cm³/mol. The number of hydrogen-bond donors (Lipinski definition) is 0. The Labute approximate surface area is 156 Å². The minimum atomic E-state index is 0.378. The molecule has 0 N–H and O–H groups in total. The third kappa shape index (κ3) is 5.94. The van der Waals surface area contributed by atoms with Crippen molar-refractivity contribution >= 4 is 0 Å². The lowest BCUT2D eigenvalue weighted by molar-refractivity contribution is 0.0246. The van der Waals surface area contributed by atoms with Crippen LogP contribution in [0.1, 0.15) is 66.2 Å². The van der Waals surface area contributed by atoms with Crippen molar-refractivity contribution in [2.24, 2.45) is 23.2 Å². The fraction of sp³-hybridized carbons (Fsp3) is 1.00. The molecular weight excluding hydrogens is 308 g/mol. The second-order valence-electron chi connectivity index (χ2n) is 9.96. The first-order valence-electron chi connectivity index (χ1n) is 11.0. The molecule has 146 valence electrons. The highest BCUT2D eigenvalue weighted by molar-refractivity contribution is 4.96. The maximum absolute atomic E-state index is 5.92. The van der Waals surface area contributed by atoms with Crippen molar-refractivity contribution in [3.8, 4) is 0 Å². The SMILES string of the molecule is CC(C)OCC1(CN2CCC(CN3CCC(C(C)C)CC3)CC2)CC1. The van der Waals surface area contributed by atoms with Crippen molar-refractivity contribution in [1.29, 1.82) is 0 Å². The summed E-state index contributed by atoms with van der Waals surface area (Å²) in [5.74, 6) is 2.79.